The van der Waals surface area contributed by atoms with Gasteiger partial charge in [-0.3, -0.25) is 4.98 Å². The van der Waals surface area contributed by atoms with E-state index in [2.05, 4.69) is 39.3 Å². The molecule has 0 saturated heterocycles. The Bertz CT molecular complexity index is 614. The Morgan fingerprint density at radius 2 is 2.11 bits per heavy atom. The van der Waals surface area contributed by atoms with Crippen LogP contribution in [0.4, 0.5) is 5.82 Å². The summed E-state index contributed by atoms with van der Waals surface area (Å²) in [5.74, 6) is 2.46. The van der Waals surface area contributed by atoms with E-state index in [-0.39, 0.29) is 0 Å². The van der Waals surface area contributed by atoms with E-state index >= 15 is 0 Å². The Kier molecular flexibility index (Phi) is 3.09. The molecule has 2 aromatic rings. The average Bonchev–Trinajstić information content (AvgIpc) is 3.13. The first-order valence-corrected chi connectivity index (χ1v) is 7.35. The molecule has 0 unspecified atom stereocenters. The van der Waals surface area contributed by atoms with Crippen molar-refractivity contribution in [3.05, 3.63) is 28.8 Å². The van der Waals surface area contributed by atoms with Gasteiger partial charge in [0.1, 0.15) is 17.3 Å². The smallest absolute Gasteiger partial charge is 0.132 e. The van der Waals surface area contributed by atoms with Crippen LogP contribution in [0, 0.1) is 0 Å². The van der Waals surface area contributed by atoms with Gasteiger partial charge < -0.3 is 10.3 Å². The first kappa shape index (κ1) is 12.7. The van der Waals surface area contributed by atoms with Crippen LogP contribution in [0.1, 0.15) is 44.5 Å². The fraction of sp³-hybridized carbons (Fsp3) is 0.429. The number of imidazole rings is 1. The van der Waals surface area contributed by atoms with Crippen molar-refractivity contribution in [3.8, 4) is 11.3 Å². The maximum absolute atomic E-state index is 6.31. The Hall–Kier alpha value is -1.36. The number of halogens is 1. The number of hydrogen-bond acceptors (Lipinski definition) is 3. The van der Waals surface area contributed by atoms with Crippen LogP contribution in [-0.4, -0.2) is 14.5 Å². The zero-order chi connectivity index (χ0) is 13.6. The molecule has 0 spiro atoms. The van der Waals surface area contributed by atoms with Crippen LogP contribution in [-0.2, 0) is 0 Å². The lowest BCUT2D eigenvalue weighted by Gasteiger charge is -2.13. The van der Waals surface area contributed by atoms with Crippen LogP contribution in [0.25, 0.3) is 11.3 Å². The number of nitrogens with zero attached hydrogens (tertiary/aromatic N) is 3. The number of hydrogen-bond donors (Lipinski definition) is 1. The molecule has 3 rings (SSSR count). The fourth-order valence-corrected chi connectivity index (χ4v) is 2.75. The van der Waals surface area contributed by atoms with Gasteiger partial charge in [0.05, 0.1) is 0 Å². The summed E-state index contributed by atoms with van der Waals surface area (Å²) in [7, 11) is 0. The molecule has 100 valence electrons. The number of aromatic nitrogens is 3. The normalized spacial score (nSPS) is 15.2. The summed E-state index contributed by atoms with van der Waals surface area (Å²) in [6.45, 7) is 4.29. The Morgan fingerprint density at radius 1 is 1.37 bits per heavy atom. The zero-order valence-electron chi connectivity index (χ0n) is 11.1. The van der Waals surface area contributed by atoms with Crippen molar-refractivity contribution in [2.45, 2.75) is 38.6 Å². The van der Waals surface area contributed by atoms with E-state index < -0.39 is 0 Å². The molecule has 19 heavy (non-hydrogen) atoms. The summed E-state index contributed by atoms with van der Waals surface area (Å²) < 4.78 is 3.10. The van der Waals surface area contributed by atoms with Gasteiger partial charge >= 0.3 is 0 Å². The third-order valence-electron chi connectivity index (χ3n) is 3.41. The predicted octanol–water partition coefficient (Wildman–Crippen LogP) is 3.75. The summed E-state index contributed by atoms with van der Waals surface area (Å²) in [4.78, 5) is 8.98. The van der Waals surface area contributed by atoms with Gasteiger partial charge in [0.15, 0.2) is 0 Å². The topological polar surface area (TPSA) is 56.7 Å². The summed E-state index contributed by atoms with van der Waals surface area (Å²) in [5, 5.41) is 0. The zero-order valence-corrected chi connectivity index (χ0v) is 12.7. The van der Waals surface area contributed by atoms with Gasteiger partial charge in [-0.15, -0.1) is 0 Å². The molecule has 1 aliphatic rings. The Morgan fingerprint density at radius 3 is 2.68 bits per heavy atom. The molecule has 2 heterocycles. The molecular formula is C14H17BrN4. The fourth-order valence-electron chi connectivity index (χ4n) is 2.39. The monoisotopic (exact) mass is 320 g/mol. The van der Waals surface area contributed by atoms with Crippen molar-refractivity contribution in [3.63, 3.8) is 0 Å². The van der Waals surface area contributed by atoms with Crippen LogP contribution in [0.5, 0.6) is 0 Å². The molecule has 1 fully saturated rings. The molecule has 1 aliphatic carbocycles. The van der Waals surface area contributed by atoms with Crippen LogP contribution in [0.15, 0.2) is 22.9 Å². The maximum Gasteiger partial charge on any atom is 0.132 e. The van der Waals surface area contributed by atoms with Gasteiger partial charge in [-0.1, -0.05) is 0 Å². The van der Waals surface area contributed by atoms with Crippen LogP contribution < -0.4 is 5.73 Å². The summed E-state index contributed by atoms with van der Waals surface area (Å²) in [6, 6.07) is 2.34. The molecule has 0 atom stereocenters. The molecule has 5 heteroatoms. The molecule has 1 saturated carbocycles. The van der Waals surface area contributed by atoms with E-state index in [1.54, 1.807) is 6.20 Å². The highest BCUT2D eigenvalue weighted by molar-refractivity contribution is 9.10. The first-order chi connectivity index (χ1) is 9.08. The number of nitrogen functional groups attached to an aromatic ring is 1. The number of pyridine rings is 1. The molecule has 2 aromatic heterocycles. The molecule has 2 N–H and O–H groups in total. The van der Waals surface area contributed by atoms with E-state index in [1.165, 1.54) is 12.8 Å². The lowest BCUT2D eigenvalue weighted by atomic mass is 10.2. The number of rotatable bonds is 3. The molecular weight excluding hydrogens is 304 g/mol. The maximum atomic E-state index is 6.31. The van der Waals surface area contributed by atoms with Crippen molar-refractivity contribution >= 4 is 21.7 Å². The van der Waals surface area contributed by atoms with Crippen LogP contribution in [0.3, 0.4) is 0 Å². The second kappa shape index (κ2) is 4.63. The van der Waals surface area contributed by atoms with Crippen molar-refractivity contribution < 1.29 is 0 Å². The van der Waals surface area contributed by atoms with Gasteiger partial charge in [-0.05, 0) is 48.7 Å². The minimum atomic E-state index is 0.331. The third-order valence-corrected chi connectivity index (χ3v) is 3.85. The van der Waals surface area contributed by atoms with E-state index in [0.717, 1.165) is 27.4 Å². The number of anilines is 1. The van der Waals surface area contributed by atoms with Gasteiger partial charge in [-0.25, -0.2) is 4.98 Å². The quantitative estimate of drug-likeness (QED) is 0.937. The van der Waals surface area contributed by atoms with Crippen molar-refractivity contribution in [1.29, 1.82) is 0 Å². The highest BCUT2D eigenvalue weighted by Gasteiger charge is 2.31. The molecule has 0 amide bonds. The Balaban J connectivity index is 2.14. The molecule has 0 aromatic carbocycles. The highest BCUT2D eigenvalue weighted by Crippen LogP contribution is 2.43. The first-order valence-electron chi connectivity index (χ1n) is 6.56. The second-order valence-electron chi connectivity index (χ2n) is 5.33. The van der Waals surface area contributed by atoms with Crippen LogP contribution in [0.2, 0.25) is 0 Å². The minimum Gasteiger partial charge on any atom is -0.383 e. The van der Waals surface area contributed by atoms with Gasteiger partial charge in [0.2, 0.25) is 0 Å². The van der Waals surface area contributed by atoms with Gasteiger partial charge in [0, 0.05) is 34.4 Å². The van der Waals surface area contributed by atoms with Crippen LogP contribution >= 0.6 is 15.9 Å². The largest absolute Gasteiger partial charge is 0.383 e. The van der Waals surface area contributed by atoms with Crippen molar-refractivity contribution in [2.75, 3.05) is 5.73 Å². The van der Waals surface area contributed by atoms with Crippen molar-refractivity contribution in [1.82, 2.24) is 14.5 Å². The predicted molar refractivity (Wildman–Crippen MR) is 79.9 cm³/mol. The molecule has 4 nitrogen and oxygen atoms in total. The van der Waals surface area contributed by atoms with Gasteiger partial charge in [-0.2, -0.15) is 0 Å². The highest BCUT2D eigenvalue weighted by atomic mass is 79.9. The third kappa shape index (κ3) is 2.27. The second-order valence-corrected chi connectivity index (χ2v) is 6.25. The SMILES string of the molecule is CC(C)n1c(C2CC2)nc(-c2cncc(Br)c2)c1N. The minimum absolute atomic E-state index is 0.331. The lowest BCUT2D eigenvalue weighted by Crippen LogP contribution is -2.08. The van der Waals surface area contributed by atoms with E-state index in [9.17, 15) is 0 Å². The summed E-state index contributed by atoms with van der Waals surface area (Å²) in [6.07, 6.45) is 6.02. The summed E-state index contributed by atoms with van der Waals surface area (Å²) in [5.41, 5.74) is 8.13. The number of nitrogens with two attached hydrogens (primary N) is 1. The Labute approximate surface area is 121 Å². The molecule has 0 aliphatic heterocycles. The average molecular weight is 321 g/mol. The lowest BCUT2D eigenvalue weighted by molar-refractivity contribution is 0.576. The van der Waals surface area contributed by atoms with Gasteiger partial charge in [0.25, 0.3) is 0 Å². The van der Waals surface area contributed by atoms with E-state index in [4.69, 9.17) is 10.7 Å². The van der Waals surface area contributed by atoms with Crippen molar-refractivity contribution in [2.24, 2.45) is 0 Å². The van der Waals surface area contributed by atoms with E-state index in [0.29, 0.717) is 12.0 Å². The molecule has 0 bridgehead atoms. The van der Waals surface area contributed by atoms with E-state index in [1.807, 2.05) is 12.3 Å². The molecule has 0 radical (unpaired) electrons. The standard InChI is InChI=1S/C14H17BrN4/c1-8(2)19-13(16)12(18-14(19)9-3-4-9)10-5-11(15)7-17-6-10/h5-9H,3-4,16H2,1-2H3. The summed E-state index contributed by atoms with van der Waals surface area (Å²) >= 11 is 3.44.